The molecule has 26 heavy (non-hydrogen) atoms. The van der Waals surface area contributed by atoms with Crippen molar-refractivity contribution in [2.24, 2.45) is 11.8 Å². The molecule has 1 N–H and O–H groups in total. The highest BCUT2D eigenvalue weighted by Crippen LogP contribution is 2.45. The minimum Gasteiger partial charge on any atom is -0.384 e. The number of halogens is 2. The van der Waals surface area contributed by atoms with E-state index in [9.17, 15) is 17.9 Å². The summed E-state index contributed by atoms with van der Waals surface area (Å²) in [5.74, 6) is -0.371. The highest BCUT2D eigenvalue weighted by atomic mass is 35.5. The van der Waals surface area contributed by atoms with Crippen molar-refractivity contribution in [1.29, 1.82) is 0 Å². The summed E-state index contributed by atoms with van der Waals surface area (Å²) in [5.41, 5.74) is -0.267. The van der Waals surface area contributed by atoms with Crippen LogP contribution in [-0.2, 0) is 15.4 Å². The maximum absolute atomic E-state index is 14.7. The zero-order valence-electron chi connectivity index (χ0n) is 15.5. The third kappa shape index (κ3) is 3.53. The van der Waals surface area contributed by atoms with Crippen molar-refractivity contribution in [1.82, 2.24) is 4.90 Å². The van der Waals surface area contributed by atoms with Crippen molar-refractivity contribution >= 4 is 21.4 Å². The Labute approximate surface area is 160 Å². The van der Waals surface area contributed by atoms with Gasteiger partial charge in [-0.15, -0.1) is 0 Å². The summed E-state index contributed by atoms with van der Waals surface area (Å²) >= 11 is 5.95. The summed E-state index contributed by atoms with van der Waals surface area (Å²) in [4.78, 5) is 2.28. The number of aryl methyl sites for hydroxylation is 1. The molecule has 146 valence electrons. The molecule has 0 saturated carbocycles. The molecule has 3 rings (SSSR count). The topological polar surface area (TPSA) is 57.6 Å². The molecule has 4 nitrogen and oxygen atoms in total. The third-order valence-electron chi connectivity index (χ3n) is 6.21. The number of hydrogen-bond acceptors (Lipinski definition) is 4. The zero-order chi connectivity index (χ0) is 19.3. The fraction of sp³-hybridized carbons (Fsp3) is 0.684. The molecule has 2 heterocycles. The minimum atomic E-state index is -2.90. The average Bonchev–Trinajstić information content (AvgIpc) is 2.51. The van der Waals surface area contributed by atoms with Crippen molar-refractivity contribution in [3.05, 3.63) is 34.1 Å². The fourth-order valence-corrected chi connectivity index (χ4v) is 6.51. The third-order valence-corrected chi connectivity index (χ3v) is 8.15. The normalized spacial score (nSPS) is 33.3. The second kappa shape index (κ2) is 7.04. The van der Waals surface area contributed by atoms with Crippen LogP contribution in [0.2, 0.25) is 5.02 Å². The Bertz CT molecular complexity index is 749. The lowest BCUT2D eigenvalue weighted by Gasteiger charge is -2.51. The number of likely N-dealkylation sites (tertiary alicyclic amines) is 1. The lowest BCUT2D eigenvalue weighted by molar-refractivity contribution is -0.122. The number of sulfone groups is 1. The fourth-order valence-electron chi connectivity index (χ4n) is 4.79. The first kappa shape index (κ1) is 20.1. The Hall–Kier alpha value is -0.690. The van der Waals surface area contributed by atoms with Crippen LogP contribution in [0.4, 0.5) is 4.39 Å². The Kier molecular flexibility index (Phi) is 5.43. The summed E-state index contributed by atoms with van der Waals surface area (Å²) in [5, 5.41) is 11.9. The van der Waals surface area contributed by atoms with Crippen LogP contribution in [0.1, 0.15) is 37.8 Å². The first-order valence-electron chi connectivity index (χ1n) is 9.17. The number of hydrogen-bond donors (Lipinski definition) is 1. The zero-order valence-corrected chi connectivity index (χ0v) is 17.1. The van der Waals surface area contributed by atoms with Gasteiger partial charge in [0, 0.05) is 41.6 Å². The van der Waals surface area contributed by atoms with Crippen LogP contribution in [-0.4, -0.2) is 49.1 Å². The Morgan fingerprint density at radius 3 is 2.23 bits per heavy atom. The van der Waals surface area contributed by atoms with Crippen LogP contribution < -0.4 is 0 Å². The molecule has 0 amide bonds. The van der Waals surface area contributed by atoms with Gasteiger partial charge in [0.05, 0.1) is 11.5 Å². The second-order valence-electron chi connectivity index (χ2n) is 8.04. The first-order valence-corrected chi connectivity index (χ1v) is 11.4. The standard InChI is InChI=1S/C19H27ClFNO3S/c1-12-8-15(20)9-17(21)18(12)19(23)13(2)10-22(11-14(19)3)16-4-6-26(24,25)7-5-16/h8-9,13-14,16,23H,4-7,10-11H2,1-3H3/t13-,14+,19?. The molecule has 0 radical (unpaired) electrons. The van der Waals surface area contributed by atoms with Gasteiger partial charge in [-0.1, -0.05) is 25.4 Å². The van der Waals surface area contributed by atoms with Crippen molar-refractivity contribution in [2.45, 2.75) is 45.3 Å². The lowest BCUT2D eigenvalue weighted by Crippen LogP contribution is -2.58. The molecule has 1 aromatic carbocycles. The van der Waals surface area contributed by atoms with Crippen LogP contribution in [0.3, 0.4) is 0 Å². The van der Waals surface area contributed by atoms with E-state index >= 15 is 0 Å². The van der Waals surface area contributed by atoms with Gasteiger partial charge in [-0.2, -0.15) is 0 Å². The van der Waals surface area contributed by atoms with Crippen LogP contribution in [0, 0.1) is 24.6 Å². The number of benzene rings is 1. The van der Waals surface area contributed by atoms with E-state index < -0.39 is 21.3 Å². The number of nitrogens with zero attached hydrogens (tertiary/aromatic N) is 1. The Morgan fingerprint density at radius 1 is 1.19 bits per heavy atom. The van der Waals surface area contributed by atoms with Crippen molar-refractivity contribution < 1.29 is 17.9 Å². The molecule has 0 aliphatic carbocycles. The Balaban J connectivity index is 1.85. The second-order valence-corrected chi connectivity index (χ2v) is 10.8. The monoisotopic (exact) mass is 403 g/mol. The van der Waals surface area contributed by atoms with E-state index in [1.54, 1.807) is 13.0 Å². The van der Waals surface area contributed by atoms with Gasteiger partial charge in [0.25, 0.3) is 0 Å². The molecule has 2 aliphatic heterocycles. The highest BCUT2D eigenvalue weighted by molar-refractivity contribution is 7.91. The maximum Gasteiger partial charge on any atom is 0.150 e. The van der Waals surface area contributed by atoms with E-state index in [4.69, 9.17) is 11.6 Å². The molecule has 1 aromatic rings. The van der Waals surface area contributed by atoms with E-state index in [2.05, 4.69) is 4.90 Å². The van der Waals surface area contributed by atoms with E-state index in [0.29, 0.717) is 42.1 Å². The van der Waals surface area contributed by atoms with Crippen molar-refractivity contribution in [3.63, 3.8) is 0 Å². The van der Waals surface area contributed by atoms with Crippen LogP contribution >= 0.6 is 11.6 Å². The molecule has 2 aliphatic rings. The molecule has 0 bridgehead atoms. The van der Waals surface area contributed by atoms with Gasteiger partial charge in [0.2, 0.25) is 0 Å². The molecule has 7 heteroatoms. The van der Waals surface area contributed by atoms with Crippen LogP contribution in [0.15, 0.2) is 12.1 Å². The van der Waals surface area contributed by atoms with E-state index in [-0.39, 0.29) is 29.4 Å². The maximum atomic E-state index is 14.7. The van der Waals surface area contributed by atoms with Gasteiger partial charge < -0.3 is 5.11 Å². The highest BCUT2D eigenvalue weighted by Gasteiger charge is 2.49. The molecule has 2 saturated heterocycles. The number of piperidine rings is 1. The van der Waals surface area contributed by atoms with Gasteiger partial charge >= 0.3 is 0 Å². The van der Waals surface area contributed by atoms with Gasteiger partial charge in [0.1, 0.15) is 21.3 Å². The van der Waals surface area contributed by atoms with Crippen molar-refractivity contribution in [3.8, 4) is 0 Å². The average molecular weight is 404 g/mol. The SMILES string of the molecule is Cc1cc(Cl)cc(F)c1C1(O)[C@H](C)CN(C2CCS(=O)(=O)CC2)C[C@@H]1C. The predicted molar refractivity (Wildman–Crippen MR) is 102 cm³/mol. The van der Waals surface area contributed by atoms with Crippen molar-refractivity contribution in [2.75, 3.05) is 24.6 Å². The molecular formula is C19H27ClFNO3S. The van der Waals surface area contributed by atoms with Gasteiger partial charge in [-0.3, -0.25) is 4.90 Å². The van der Waals surface area contributed by atoms with Gasteiger partial charge in [0.15, 0.2) is 0 Å². The molecule has 1 unspecified atom stereocenters. The molecule has 0 aromatic heterocycles. The summed E-state index contributed by atoms with van der Waals surface area (Å²) in [7, 11) is -2.90. The molecule has 0 spiro atoms. The Morgan fingerprint density at radius 2 is 1.73 bits per heavy atom. The van der Waals surface area contributed by atoms with Crippen LogP contribution in [0.25, 0.3) is 0 Å². The lowest BCUT2D eigenvalue weighted by atomic mass is 9.69. The minimum absolute atomic E-state index is 0.181. The van der Waals surface area contributed by atoms with Gasteiger partial charge in [-0.25, -0.2) is 12.8 Å². The largest absolute Gasteiger partial charge is 0.384 e. The van der Waals surface area contributed by atoms with Gasteiger partial charge in [-0.05, 0) is 37.5 Å². The summed E-state index contributed by atoms with van der Waals surface area (Å²) in [6.45, 7) is 6.89. The molecule has 3 atom stereocenters. The number of rotatable bonds is 2. The molecule has 2 fully saturated rings. The van der Waals surface area contributed by atoms with E-state index in [1.165, 1.54) is 6.07 Å². The summed E-state index contributed by atoms with van der Waals surface area (Å²) in [6, 6.07) is 3.17. The van der Waals surface area contributed by atoms with E-state index in [0.717, 1.165) is 0 Å². The summed E-state index contributed by atoms with van der Waals surface area (Å²) in [6.07, 6.45) is 1.27. The molecular weight excluding hydrogens is 377 g/mol. The van der Waals surface area contributed by atoms with Crippen LogP contribution in [0.5, 0.6) is 0 Å². The predicted octanol–water partition coefficient (Wildman–Crippen LogP) is 3.14. The first-order chi connectivity index (χ1) is 12.0. The van der Waals surface area contributed by atoms with E-state index in [1.807, 2.05) is 13.8 Å². The number of aliphatic hydroxyl groups is 1. The quantitative estimate of drug-likeness (QED) is 0.824. The summed E-state index contributed by atoms with van der Waals surface area (Å²) < 4.78 is 38.1. The smallest absolute Gasteiger partial charge is 0.150 e.